The van der Waals surface area contributed by atoms with Crippen molar-refractivity contribution in [1.82, 2.24) is 5.32 Å². The van der Waals surface area contributed by atoms with E-state index in [2.05, 4.69) is 12.2 Å². The van der Waals surface area contributed by atoms with Crippen molar-refractivity contribution in [2.75, 3.05) is 13.2 Å². The molecule has 0 aromatic heterocycles. The predicted molar refractivity (Wildman–Crippen MR) is 86.1 cm³/mol. The zero-order valence-electron chi connectivity index (χ0n) is 13.5. The van der Waals surface area contributed by atoms with E-state index < -0.39 is 0 Å². The average molecular weight is 281 g/mol. The molecule has 0 radical (unpaired) electrons. The minimum atomic E-state index is 0.466. The third-order valence-electron chi connectivity index (χ3n) is 5.31. The molecule has 20 heavy (non-hydrogen) atoms. The molecule has 2 heteroatoms. The van der Waals surface area contributed by atoms with Crippen LogP contribution in [0.1, 0.15) is 84.0 Å². The molecule has 1 saturated heterocycles. The van der Waals surface area contributed by atoms with Gasteiger partial charge in [-0.15, -0.1) is 0 Å². The normalized spacial score (nSPS) is 31.6. The zero-order valence-corrected chi connectivity index (χ0v) is 13.5. The molecule has 1 heterocycles. The lowest BCUT2D eigenvalue weighted by molar-refractivity contribution is 0.104. The van der Waals surface area contributed by atoms with Crippen LogP contribution in [0.15, 0.2) is 0 Å². The fraction of sp³-hybridized carbons (Fsp3) is 1.00. The largest absolute Gasteiger partial charge is 0.378 e. The first-order chi connectivity index (χ1) is 9.86. The van der Waals surface area contributed by atoms with Crippen LogP contribution in [-0.4, -0.2) is 25.3 Å². The SMILES string of the molecule is CC1OCCC1CNC1CCCCCCCCCCC1. The predicted octanol–water partition coefficient (Wildman–Crippen LogP) is 4.67. The van der Waals surface area contributed by atoms with Gasteiger partial charge in [0.2, 0.25) is 0 Å². The Labute approximate surface area is 126 Å². The lowest BCUT2D eigenvalue weighted by Gasteiger charge is -2.23. The van der Waals surface area contributed by atoms with Gasteiger partial charge in [0.15, 0.2) is 0 Å². The van der Waals surface area contributed by atoms with Gasteiger partial charge < -0.3 is 10.1 Å². The number of hydrogen-bond donors (Lipinski definition) is 1. The van der Waals surface area contributed by atoms with Gasteiger partial charge in [0, 0.05) is 19.2 Å². The summed E-state index contributed by atoms with van der Waals surface area (Å²) in [6.07, 6.45) is 17.6. The minimum absolute atomic E-state index is 0.466. The monoisotopic (exact) mass is 281 g/mol. The van der Waals surface area contributed by atoms with Crippen molar-refractivity contribution in [1.29, 1.82) is 0 Å². The molecule has 0 aromatic rings. The Kier molecular flexibility index (Phi) is 7.97. The van der Waals surface area contributed by atoms with Crippen LogP contribution in [0.5, 0.6) is 0 Å². The third-order valence-corrected chi connectivity index (χ3v) is 5.31. The van der Waals surface area contributed by atoms with Gasteiger partial charge >= 0.3 is 0 Å². The van der Waals surface area contributed by atoms with E-state index in [-0.39, 0.29) is 0 Å². The van der Waals surface area contributed by atoms with Gasteiger partial charge in [-0.1, -0.05) is 57.8 Å². The molecular weight excluding hydrogens is 246 g/mol. The first-order valence-corrected chi connectivity index (χ1v) is 9.21. The van der Waals surface area contributed by atoms with Crippen molar-refractivity contribution in [3.05, 3.63) is 0 Å². The maximum absolute atomic E-state index is 5.68. The summed E-state index contributed by atoms with van der Waals surface area (Å²) < 4.78 is 5.68. The molecule has 0 bridgehead atoms. The Morgan fingerprint density at radius 2 is 1.35 bits per heavy atom. The molecule has 0 amide bonds. The van der Waals surface area contributed by atoms with E-state index in [4.69, 9.17) is 4.74 Å². The van der Waals surface area contributed by atoms with Gasteiger partial charge in [-0.2, -0.15) is 0 Å². The fourth-order valence-electron chi connectivity index (χ4n) is 3.73. The molecule has 2 aliphatic rings. The molecular formula is C18H35NO. The van der Waals surface area contributed by atoms with Crippen LogP contribution in [0.25, 0.3) is 0 Å². The second-order valence-electron chi connectivity index (χ2n) is 6.99. The summed E-state index contributed by atoms with van der Waals surface area (Å²) in [4.78, 5) is 0. The number of hydrogen-bond acceptors (Lipinski definition) is 2. The quantitative estimate of drug-likeness (QED) is 0.811. The van der Waals surface area contributed by atoms with Crippen molar-refractivity contribution in [2.45, 2.75) is 96.1 Å². The molecule has 1 N–H and O–H groups in total. The number of rotatable bonds is 3. The first kappa shape index (κ1) is 16.3. The molecule has 2 unspecified atom stereocenters. The first-order valence-electron chi connectivity index (χ1n) is 9.21. The Hall–Kier alpha value is -0.0800. The lowest BCUT2D eigenvalue weighted by atomic mass is 9.96. The molecule has 2 atom stereocenters. The summed E-state index contributed by atoms with van der Waals surface area (Å²) in [5.74, 6) is 0.747. The van der Waals surface area contributed by atoms with E-state index in [1.165, 1.54) is 83.6 Å². The van der Waals surface area contributed by atoms with E-state index in [0.29, 0.717) is 6.10 Å². The molecule has 0 aromatic carbocycles. The van der Waals surface area contributed by atoms with E-state index in [1.54, 1.807) is 0 Å². The molecule has 1 aliphatic heterocycles. The van der Waals surface area contributed by atoms with Crippen LogP contribution < -0.4 is 5.32 Å². The van der Waals surface area contributed by atoms with Crippen molar-refractivity contribution in [3.63, 3.8) is 0 Å². The maximum Gasteiger partial charge on any atom is 0.0588 e. The van der Waals surface area contributed by atoms with Crippen molar-refractivity contribution >= 4 is 0 Å². The van der Waals surface area contributed by atoms with E-state index >= 15 is 0 Å². The van der Waals surface area contributed by atoms with Gasteiger partial charge in [-0.25, -0.2) is 0 Å². The highest BCUT2D eigenvalue weighted by Crippen LogP contribution is 2.21. The highest BCUT2D eigenvalue weighted by molar-refractivity contribution is 4.77. The number of ether oxygens (including phenoxy) is 1. The molecule has 2 nitrogen and oxygen atoms in total. The van der Waals surface area contributed by atoms with Crippen LogP contribution in [0.3, 0.4) is 0 Å². The van der Waals surface area contributed by atoms with Crippen molar-refractivity contribution < 1.29 is 4.74 Å². The van der Waals surface area contributed by atoms with E-state index in [0.717, 1.165) is 18.6 Å². The van der Waals surface area contributed by atoms with Crippen LogP contribution in [-0.2, 0) is 4.74 Å². The van der Waals surface area contributed by atoms with Crippen LogP contribution in [0.4, 0.5) is 0 Å². The molecule has 1 aliphatic carbocycles. The summed E-state index contributed by atoms with van der Waals surface area (Å²) in [7, 11) is 0. The summed E-state index contributed by atoms with van der Waals surface area (Å²) >= 11 is 0. The maximum atomic E-state index is 5.68. The summed E-state index contributed by atoms with van der Waals surface area (Å²) in [6.45, 7) is 4.38. The Morgan fingerprint density at radius 3 is 1.85 bits per heavy atom. The molecule has 0 spiro atoms. The summed E-state index contributed by atoms with van der Waals surface area (Å²) in [6, 6.07) is 0.766. The van der Waals surface area contributed by atoms with Crippen molar-refractivity contribution in [2.24, 2.45) is 5.92 Å². The Balaban J connectivity index is 1.68. The standard InChI is InChI=1S/C18H35NO/c1-16-17(13-14-20-16)15-19-18-11-9-7-5-3-2-4-6-8-10-12-18/h16-19H,2-15H2,1H3. The second kappa shape index (κ2) is 9.78. The van der Waals surface area contributed by atoms with E-state index in [9.17, 15) is 0 Å². The van der Waals surface area contributed by atoms with Crippen LogP contribution in [0.2, 0.25) is 0 Å². The van der Waals surface area contributed by atoms with Gasteiger partial charge in [-0.05, 0) is 32.1 Å². The smallest absolute Gasteiger partial charge is 0.0588 e. The summed E-state index contributed by atoms with van der Waals surface area (Å²) in [5, 5.41) is 3.87. The second-order valence-corrected chi connectivity index (χ2v) is 6.99. The Bertz CT molecular complexity index is 232. The Morgan fingerprint density at radius 1 is 0.800 bits per heavy atom. The fourth-order valence-corrected chi connectivity index (χ4v) is 3.73. The third kappa shape index (κ3) is 6.13. The topological polar surface area (TPSA) is 21.3 Å². The number of nitrogens with one attached hydrogen (secondary N) is 1. The average Bonchev–Trinajstić information content (AvgIpc) is 2.84. The molecule has 2 rings (SSSR count). The molecule has 1 saturated carbocycles. The molecule has 2 fully saturated rings. The zero-order chi connectivity index (χ0) is 14.0. The highest BCUT2D eigenvalue weighted by atomic mass is 16.5. The molecule has 118 valence electrons. The van der Waals surface area contributed by atoms with Gasteiger partial charge in [-0.3, -0.25) is 0 Å². The van der Waals surface area contributed by atoms with Gasteiger partial charge in [0.1, 0.15) is 0 Å². The summed E-state index contributed by atoms with van der Waals surface area (Å²) in [5.41, 5.74) is 0. The van der Waals surface area contributed by atoms with Crippen LogP contribution in [0, 0.1) is 5.92 Å². The van der Waals surface area contributed by atoms with Crippen LogP contribution >= 0.6 is 0 Å². The van der Waals surface area contributed by atoms with Crippen molar-refractivity contribution in [3.8, 4) is 0 Å². The van der Waals surface area contributed by atoms with Gasteiger partial charge in [0.05, 0.1) is 6.10 Å². The van der Waals surface area contributed by atoms with E-state index in [1.807, 2.05) is 0 Å². The highest BCUT2D eigenvalue weighted by Gasteiger charge is 2.24. The minimum Gasteiger partial charge on any atom is -0.378 e. The lowest BCUT2D eigenvalue weighted by Crippen LogP contribution is -2.35. The van der Waals surface area contributed by atoms with Gasteiger partial charge in [0.25, 0.3) is 0 Å².